The molecule has 0 bridgehead atoms. The highest BCUT2D eigenvalue weighted by molar-refractivity contribution is 6.18. The van der Waals surface area contributed by atoms with E-state index in [4.69, 9.17) is 11.6 Å². The van der Waals surface area contributed by atoms with E-state index < -0.39 is 0 Å². The third kappa shape index (κ3) is 3.27. The molecule has 1 heterocycles. The smallest absolute Gasteiger partial charge is 0.0379 e. The van der Waals surface area contributed by atoms with Crippen molar-refractivity contribution in [3.8, 4) is 0 Å². The average Bonchev–Trinajstić information content (AvgIpc) is 2.73. The number of alkyl halides is 1. The maximum atomic E-state index is 6.14. The molecule has 0 spiro atoms. The highest BCUT2D eigenvalue weighted by Gasteiger charge is 2.37. The molecule has 2 atom stereocenters. The van der Waals surface area contributed by atoms with E-state index in [1.54, 1.807) is 0 Å². The Hall–Kier alpha value is -0.530. The molecule has 0 amide bonds. The second-order valence-electron chi connectivity index (χ2n) is 6.52. The van der Waals surface area contributed by atoms with Gasteiger partial charge in [-0.3, -0.25) is 4.90 Å². The molecule has 2 heteroatoms. The number of likely N-dealkylation sites (tertiary alicyclic amines) is 1. The summed E-state index contributed by atoms with van der Waals surface area (Å²) in [6.07, 6.45) is 1.24. The van der Waals surface area contributed by atoms with Crippen molar-refractivity contribution in [2.24, 2.45) is 11.3 Å². The minimum atomic E-state index is 0.385. The van der Waals surface area contributed by atoms with E-state index >= 15 is 0 Å². The lowest BCUT2D eigenvalue weighted by molar-refractivity contribution is 0.218. The summed E-state index contributed by atoms with van der Waals surface area (Å²) in [6.45, 7) is 9.24. The van der Waals surface area contributed by atoms with Gasteiger partial charge in [-0.25, -0.2) is 0 Å². The molecule has 2 rings (SSSR count). The molecule has 1 fully saturated rings. The lowest BCUT2D eigenvalue weighted by atomic mass is 9.79. The zero-order chi connectivity index (χ0) is 13.2. The van der Waals surface area contributed by atoms with E-state index in [1.165, 1.54) is 18.5 Å². The lowest BCUT2D eigenvalue weighted by Gasteiger charge is -2.27. The Kier molecular flexibility index (Phi) is 4.34. The maximum absolute atomic E-state index is 6.14. The highest BCUT2D eigenvalue weighted by atomic mass is 35.5. The van der Waals surface area contributed by atoms with Gasteiger partial charge in [0, 0.05) is 25.0 Å². The first-order chi connectivity index (χ1) is 8.50. The van der Waals surface area contributed by atoms with Gasteiger partial charge in [0.15, 0.2) is 0 Å². The van der Waals surface area contributed by atoms with Crippen LogP contribution in [0.15, 0.2) is 30.3 Å². The van der Waals surface area contributed by atoms with Crippen LogP contribution in [0.3, 0.4) is 0 Å². The minimum absolute atomic E-state index is 0.385. The van der Waals surface area contributed by atoms with Gasteiger partial charge in [-0.15, -0.1) is 11.6 Å². The summed E-state index contributed by atoms with van der Waals surface area (Å²) in [5.41, 5.74) is 1.78. The van der Waals surface area contributed by atoms with Gasteiger partial charge in [-0.1, -0.05) is 51.1 Å². The van der Waals surface area contributed by atoms with Gasteiger partial charge in [0.2, 0.25) is 0 Å². The van der Waals surface area contributed by atoms with Crippen molar-refractivity contribution < 1.29 is 0 Å². The molecule has 0 unspecified atom stereocenters. The number of hydrogen-bond acceptors (Lipinski definition) is 1. The first kappa shape index (κ1) is 13.9. The van der Waals surface area contributed by atoms with Gasteiger partial charge >= 0.3 is 0 Å². The van der Waals surface area contributed by atoms with Crippen LogP contribution in [0, 0.1) is 11.3 Å². The van der Waals surface area contributed by atoms with Gasteiger partial charge in [-0.05, 0) is 23.3 Å². The summed E-state index contributed by atoms with van der Waals surface area (Å²) in [5, 5.41) is 0. The summed E-state index contributed by atoms with van der Waals surface area (Å²) in [5.74, 6) is 1.50. The number of rotatable bonds is 3. The first-order valence-corrected chi connectivity index (χ1v) is 7.38. The molecule has 1 nitrogen and oxygen atoms in total. The third-order valence-electron chi connectivity index (χ3n) is 4.16. The Labute approximate surface area is 116 Å². The van der Waals surface area contributed by atoms with Crippen molar-refractivity contribution in [3.63, 3.8) is 0 Å². The Morgan fingerprint density at radius 3 is 2.44 bits per heavy atom. The van der Waals surface area contributed by atoms with Gasteiger partial charge in [-0.2, -0.15) is 0 Å². The van der Waals surface area contributed by atoms with Gasteiger partial charge in [0.05, 0.1) is 0 Å². The number of nitrogens with zero attached hydrogens (tertiary/aromatic N) is 1. The SMILES string of the molecule is CC(C)(C)[C@H]1C[C@H](CCl)N(Cc2ccccc2)C1. The fraction of sp³-hybridized carbons (Fsp3) is 0.625. The highest BCUT2D eigenvalue weighted by Crippen LogP contribution is 2.37. The van der Waals surface area contributed by atoms with Gasteiger partial charge in [0.25, 0.3) is 0 Å². The molecule has 1 aliphatic rings. The Morgan fingerprint density at radius 2 is 1.89 bits per heavy atom. The summed E-state index contributed by atoms with van der Waals surface area (Å²) >= 11 is 6.14. The first-order valence-electron chi connectivity index (χ1n) is 6.84. The van der Waals surface area contributed by atoms with Crippen LogP contribution in [0.4, 0.5) is 0 Å². The largest absolute Gasteiger partial charge is 0.295 e. The van der Waals surface area contributed by atoms with E-state index in [1.807, 2.05) is 0 Å². The van der Waals surface area contributed by atoms with Crippen LogP contribution in [0.2, 0.25) is 0 Å². The van der Waals surface area contributed by atoms with Crippen LogP contribution >= 0.6 is 11.6 Å². The fourth-order valence-corrected chi connectivity index (χ4v) is 3.10. The van der Waals surface area contributed by atoms with Crippen LogP contribution in [0.5, 0.6) is 0 Å². The molecule has 100 valence electrons. The van der Waals surface area contributed by atoms with E-state index in [0.29, 0.717) is 11.5 Å². The molecule has 1 aromatic rings. The fourth-order valence-electron chi connectivity index (χ4n) is 2.78. The molecule has 0 N–H and O–H groups in total. The van der Waals surface area contributed by atoms with Crippen molar-refractivity contribution in [1.29, 1.82) is 0 Å². The molecule has 1 aromatic carbocycles. The van der Waals surface area contributed by atoms with Gasteiger partial charge < -0.3 is 0 Å². The van der Waals surface area contributed by atoms with Crippen LogP contribution in [0.1, 0.15) is 32.8 Å². The van der Waals surface area contributed by atoms with Crippen molar-refractivity contribution in [3.05, 3.63) is 35.9 Å². The molecule has 0 saturated carbocycles. The Balaban J connectivity index is 2.04. The molecule has 0 aliphatic carbocycles. The number of hydrogen-bond donors (Lipinski definition) is 0. The molecular weight excluding hydrogens is 242 g/mol. The van der Waals surface area contributed by atoms with Crippen LogP contribution < -0.4 is 0 Å². The van der Waals surface area contributed by atoms with Crippen LogP contribution in [0.25, 0.3) is 0 Å². The van der Waals surface area contributed by atoms with Crippen LogP contribution in [-0.2, 0) is 6.54 Å². The molecular formula is C16H24ClN. The topological polar surface area (TPSA) is 3.24 Å². The standard InChI is InChI=1S/C16H24ClN/c1-16(2,3)14-9-15(10-17)18(12-14)11-13-7-5-4-6-8-13/h4-8,14-15H,9-12H2,1-3H3/t14-,15+/m0/s1. The molecule has 0 radical (unpaired) electrons. The Bertz CT molecular complexity index is 368. The van der Waals surface area contributed by atoms with Crippen molar-refractivity contribution >= 4 is 11.6 Å². The average molecular weight is 266 g/mol. The van der Waals surface area contributed by atoms with Gasteiger partial charge in [0.1, 0.15) is 0 Å². The van der Waals surface area contributed by atoms with Crippen LogP contribution in [-0.4, -0.2) is 23.4 Å². The monoisotopic (exact) mass is 265 g/mol. The molecule has 18 heavy (non-hydrogen) atoms. The molecule has 0 aromatic heterocycles. The zero-order valence-corrected chi connectivity index (χ0v) is 12.5. The van der Waals surface area contributed by atoms with Crippen molar-refractivity contribution in [2.45, 2.75) is 39.8 Å². The summed E-state index contributed by atoms with van der Waals surface area (Å²) < 4.78 is 0. The number of benzene rings is 1. The summed E-state index contributed by atoms with van der Waals surface area (Å²) in [7, 11) is 0. The van der Waals surface area contributed by atoms with E-state index in [9.17, 15) is 0 Å². The molecule has 1 aliphatic heterocycles. The lowest BCUT2D eigenvalue weighted by Crippen LogP contribution is -2.30. The van der Waals surface area contributed by atoms with E-state index in [0.717, 1.165) is 18.3 Å². The zero-order valence-electron chi connectivity index (χ0n) is 11.7. The second kappa shape index (κ2) is 5.63. The summed E-state index contributed by atoms with van der Waals surface area (Å²) in [4.78, 5) is 2.55. The van der Waals surface area contributed by atoms with E-state index in [2.05, 4.69) is 56.0 Å². The van der Waals surface area contributed by atoms with Crippen molar-refractivity contribution in [1.82, 2.24) is 4.90 Å². The predicted molar refractivity (Wildman–Crippen MR) is 78.9 cm³/mol. The summed E-state index contributed by atoms with van der Waals surface area (Å²) in [6, 6.07) is 11.2. The van der Waals surface area contributed by atoms with Crippen molar-refractivity contribution in [2.75, 3.05) is 12.4 Å². The Morgan fingerprint density at radius 1 is 1.22 bits per heavy atom. The normalized spacial score (nSPS) is 25.6. The third-order valence-corrected chi connectivity index (χ3v) is 4.52. The molecule has 1 saturated heterocycles. The van der Waals surface area contributed by atoms with E-state index in [-0.39, 0.29) is 0 Å². The predicted octanol–water partition coefficient (Wildman–Crippen LogP) is 4.16. The number of halogens is 1. The maximum Gasteiger partial charge on any atom is 0.0379 e. The quantitative estimate of drug-likeness (QED) is 0.742. The minimum Gasteiger partial charge on any atom is -0.295 e. The second-order valence-corrected chi connectivity index (χ2v) is 6.83.